The number of thiophene rings is 3. The summed E-state index contributed by atoms with van der Waals surface area (Å²) in [5, 5.41) is 22.5. The van der Waals surface area contributed by atoms with Gasteiger partial charge in [-0.1, -0.05) is 67.5 Å². The van der Waals surface area contributed by atoms with Gasteiger partial charge in [0.15, 0.2) is 0 Å². The molecule has 0 amide bonds. The van der Waals surface area contributed by atoms with Crippen molar-refractivity contribution in [3.63, 3.8) is 0 Å². The van der Waals surface area contributed by atoms with E-state index in [-0.39, 0.29) is 21.8 Å². The van der Waals surface area contributed by atoms with Gasteiger partial charge in [-0.3, -0.25) is 0 Å². The standard InChI is InChI=1S/C40H38N2O2S3/c1-21-14-32(33-19-29-35(46-33)34-28(40(29,8)9)18-25(45-34)15-22(20-41)37(43)44)47-36(21)42-30-12-10-23(38(2,3)4)16-26(30)27-17-24(39(5,6)7)11-13-31(27)42/h10-19H,1-9H3,(H,43,44)/b22-15+. The molecule has 0 bridgehead atoms. The molecule has 0 saturated carbocycles. The van der Waals surface area contributed by atoms with Crippen molar-refractivity contribution in [2.45, 2.75) is 78.6 Å². The van der Waals surface area contributed by atoms with Crippen LogP contribution >= 0.6 is 34.0 Å². The van der Waals surface area contributed by atoms with Gasteiger partial charge in [0.25, 0.3) is 0 Å². The first-order valence-electron chi connectivity index (χ1n) is 15.8. The quantitative estimate of drug-likeness (QED) is 0.149. The molecule has 7 heteroatoms. The fraction of sp³-hybridized carbons (Fsp3) is 0.300. The number of benzene rings is 2. The molecule has 2 aromatic carbocycles. The van der Waals surface area contributed by atoms with Crippen LogP contribution in [0.4, 0.5) is 0 Å². The Kier molecular flexibility index (Phi) is 7.08. The van der Waals surface area contributed by atoms with E-state index in [0.29, 0.717) is 0 Å². The number of aromatic nitrogens is 1. The first-order chi connectivity index (χ1) is 22.0. The van der Waals surface area contributed by atoms with Crippen molar-refractivity contribution in [3.8, 4) is 30.6 Å². The van der Waals surface area contributed by atoms with Crippen molar-refractivity contribution >= 4 is 67.9 Å². The highest BCUT2D eigenvalue weighted by molar-refractivity contribution is 7.27. The summed E-state index contributed by atoms with van der Waals surface area (Å²) in [7, 11) is 0. The number of aliphatic carboxylic acids is 1. The second-order valence-electron chi connectivity index (χ2n) is 15.2. The predicted octanol–water partition coefficient (Wildman–Crippen LogP) is 11.8. The molecule has 6 aromatic rings. The van der Waals surface area contributed by atoms with Gasteiger partial charge in [0, 0.05) is 40.6 Å². The van der Waals surface area contributed by atoms with Crippen LogP contribution in [0.2, 0.25) is 0 Å². The Bertz CT molecular complexity index is 2280. The summed E-state index contributed by atoms with van der Waals surface area (Å²) in [4.78, 5) is 17.2. The Balaban J connectivity index is 1.37. The van der Waals surface area contributed by atoms with Gasteiger partial charge in [-0.05, 0) is 94.1 Å². The van der Waals surface area contributed by atoms with Crippen LogP contribution in [-0.2, 0) is 21.0 Å². The minimum Gasteiger partial charge on any atom is -0.477 e. The molecule has 238 valence electrons. The van der Waals surface area contributed by atoms with Gasteiger partial charge in [-0.2, -0.15) is 5.26 Å². The van der Waals surface area contributed by atoms with Crippen molar-refractivity contribution in [1.82, 2.24) is 4.57 Å². The van der Waals surface area contributed by atoms with Gasteiger partial charge in [-0.15, -0.1) is 34.0 Å². The molecule has 0 unspecified atom stereocenters. The molecule has 4 heterocycles. The molecule has 4 nitrogen and oxygen atoms in total. The summed E-state index contributed by atoms with van der Waals surface area (Å²) < 4.78 is 2.46. The molecule has 0 radical (unpaired) electrons. The van der Waals surface area contributed by atoms with Gasteiger partial charge in [0.2, 0.25) is 0 Å². The number of aryl methyl sites for hydroxylation is 1. The molecule has 1 aliphatic rings. The predicted molar refractivity (Wildman–Crippen MR) is 201 cm³/mol. The zero-order valence-corrected chi connectivity index (χ0v) is 30.7. The first-order valence-corrected chi connectivity index (χ1v) is 18.3. The molecular formula is C40H38N2O2S3. The van der Waals surface area contributed by atoms with Gasteiger partial charge in [0.1, 0.15) is 16.6 Å². The van der Waals surface area contributed by atoms with E-state index in [0.717, 1.165) is 4.88 Å². The zero-order chi connectivity index (χ0) is 33.8. The van der Waals surface area contributed by atoms with E-state index in [9.17, 15) is 15.2 Å². The average molecular weight is 675 g/mol. The Labute approximate surface area is 288 Å². The summed E-state index contributed by atoms with van der Waals surface area (Å²) in [6.45, 7) is 20.4. The third-order valence-corrected chi connectivity index (χ3v) is 13.3. The van der Waals surface area contributed by atoms with E-state index in [1.807, 2.05) is 28.7 Å². The number of rotatable bonds is 4. The maximum Gasteiger partial charge on any atom is 0.346 e. The van der Waals surface area contributed by atoms with Crippen molar-refractivity contribution < 1.29 is 9.90 Å². The molecule has 0 atom stereocenters. The van der Waals surface area contributed by atoms with E-state index in [4.69, 9.17) is 0 Å². The van der Waals surface area contributed by atoms with Crippen LogP contribution < -0.4 is 0 Å². The number of nitriles is 1. The Hall–Kier alpha value is -3.96. The molecule has 0 saturated heterocycles. The maximum absolute atomic E-state index is 11.5. The van der Waals surface area contributed by atoms with Crippen LogP contribution in [0, 0.1) is 18.3 Å². The largest absolute Gasteiger partial charge is 0.477 e. The number of carboxylic acid groups (broad SMARTS) is 1. The molecule has 47 heavy (non-hydrogen) atoms. The van der Waals surface area contributed by atoms with E-state index in [1.54, 1.807) is 11.3 Å². The van der Waals surface area contributed by atoms with Gasteiger partial charge >= 0.3 is 5.97 Å². The SMILES string of the molecule is Cc1cc(-c2cc3c(s2)-c2sc(/C=C(\C#N)C(=O)O)cc2C3(C)C)sc1-n1c2ccc(C(C)(C)C)cc2c2cc(C(C)(C)C)ccc21. The van der Waals surface area contributed by atoms with Crippen LogP contribution in [0.25, 0.3) is 52.4 Å². The highest BCUT2D eigenvalue weighted by Gasteiger charge is 2.39. The van der Waals surface area contributed by atoms with Gasteiger partial charge in [-0.25, -0.2) is 4.79 Å². The molecule has 1 aliphatic carbocycles. The third-order valence-electron chi connectivity index (χ3n) is 9.51. The van der Waals surface area contributed by atoms with E-state index in [1.165, 1.54) is 80.2 Å². The van der Waals surface area contributed by atoms with E-state index in [2.05, 4.69) is 121 Å². The maximum atomic E-state index is 11.5. The zero-order valence-electron chi connectivity index (χ0n) is 28.2. The van der Waals surface area contributed by atoms with Crippen LogP contribution in [0.1, 0.15) is 88.1 Å². The summed E-state index contributed by atoms with van der Waals surface area (Å²) in [5.74, 6) is -1.20. The van der Waals surface area contributed by atoms with Gasteiger partial charge < -0.3 is 9.67 Å². The third kappa shape index (κ3) is 5.01. The number of nitrogens with zero attached hydrogens (tertiary/aromatic N) is 2. The molecule has 0 spiro atoms. The molecule has 0 fully saturated rings. The summed E-state index contributed by atoms with van der Waals surface area (Å²) >= 11 is 5.22. The van der Waals surface area contributed by atoms with Crippen molar-refractivity contribution in [1.29, 1.82) is 5.26 Å². The summed E-state index contributed by atoms with van der Waals surface area (Å²) in [6, 6.07) is 22.5. The first kappa shape index (κ1) is 31.6. The number of fused-ring (bicyclic) bond motifs is 6. The highest BCUT2D eigenvalue weighted by atomic mass is 32.1. The van der Waals surface area contributed by atoms with Gasteiger partial charge in [0.05, 0.1) is 11.0 Å². The monoisotopic (exact) mass is 674 g/mol. The minimum absolute atomic E-state index is 0.0529. The summed E-state index contributed by atoms with van der Waals surface area (Å²) in [6.07, 6.45) is 1.49. The summed E-state index contributed by atoms with van der Waals surface area (Å²) in [5.41, 5.74) is 8.53. The lowest BCUT2D eigenvalue weighted by Gasteiger charge is -2.19. The molecule has 7 rings (SSSR count). The number of hydrogen-bond donors (Lipinski definition) is 1. The Morgan fingerprint density at radius 1 is 0.809 bits per heavy atom. The lowest BCUT2D eigenvalue weighted by molar-refractivity contribution is -0.132. The number of carbonyl (C=O) groups is 1. The molecule has 1 N–H and O–H groups in total. The second-order valence-corrected chi connectivity index (χ2v) is 18.4. The van der Waals surface area contributed by atoms with Crippen LogP contribution in [0.15, 0.2) is 60.2 Å². The lowest BCUT2D eigenvalue weighted by atomic mass is 9.84. The normalized spacial score (nSPS) is 14.5. The van der Waals surface area contributed by atoms with E-state index < -0.39 is 5.97 Å². The van der Waals surface area contributed by atoms with Crippen LogP contribution in [0.5, 0.6) is 0 Å². The fourth-order valence-electron chi connectivity index (χ4n) is 6.68. The molecule has 0 aliphatic heterocycles. The average Bonchev–Trinajstić information content (AvgIpc) is 3.78. The Morgan fingerprint density at radius 3 is 1.87 bits per heavy atom. The topological polar surface area (TPSA) is 66.0 Å². The van der Waals surface area contributed by atoms with Crippen molar-refractivity contribution in [2.75, 3.05) is 0 Å². The van der Waals surface area contributed by atoms with E-state index >= 15 is 0 Å². The molecular weight excluding hydrogens is 637 g/mol. The lowest BCUT2D eigenvalue weighted by Crippen LogP contribution is -2.13. The fourth-order valence-corrected chi connectivity index (χ4v) is 10.7. The van der Waals surface area contributed by atoms with Crippen molar-refractivity contribution in [3.05, 3.63) is 92.9 Å². The molecule has 4 aromatic heterocycles. The number of carboxylic acids is 1. The van der Waals surface area contributed by atoms with Crippen molar-refractivity contribution in [2.24, 2.45) is 0 Å². The highest BCUT2D eigenvalue weighted by Crippen LogP contribution is 2.57. The number of hydrogen-bond acceptors (Lipinski definition) is 5. The van der Waals surface area contributed by atoms with Crippen LogP contribution in [0.3, 0.4) is 0 Å². The second kappa shape index (κ2) is 10.5. The minimum atomic E-state index is -1.20. The Morgan fingerprint density at radius 2 is 1.34 bits per heavy atom. The van der Waals surface area contributed by atoms with Crippen LogP contribution in [-0.4, -0.2) is 15.6 Å². The smallest absolute Gasteiger partial charge is 0.346 e.